The van der Waals surface area contributed by atoms with Crippen LogP contribution in [0.5, 0.6) is 5.75 Å². The Balaban J connectivity index is 1.73. The van der Waals surface area contributed by atoms with Gasteiger partial charge in [-0.2, -0.15) is 10.4 Å². The number of nitriles is 1. The number of aromatic nitrogens is 2. The highest BCUT2D eigenvalue weighted by Crippen LogP contribution is 2.33. The normalized spacial score (nSPS) is 14.0. The van der Waals surface area contributed by atoms with Crippen molar-refractivity contribution in [3.63, 3.8) is 0 Å². The molecule has 1 amide bonds. The van der Waals surface area contributed by atoms with E-state index in [1.807, 2.05) is 54.7 Å². The van der Waals surface area contributed by atoms with Crippen LogP contribution in [-0.4, -0.2) is 40.3 Å². The third-order valence-electron chi connectivity index (χ3n) is 6.02. The van der Waals surface area contributed by atoms with Crippen molar-refractivity contribution in [3.05, 3.63) is 70.9 Å². The molecule has 0 N–H and O–H groups in total. The number of amides is 1. The topological polar surface area (TPSA) is 71.1 Å². The summed E-state index contributed by atoms with van der Waals surface area (Å²) in [6.45, 7) is 4.08. The number of para-hydroxylation sites is 1. The molecule has 0 radical (unpaired) electrons. The van der Waals surface area contributed by atoms with Crippen LogP contribution in [0.2, 0.25) is 5.02 Å². The van der Waals surface area contributed by atoms with Gasteiger partial charge >= 0.3 is 0 Å². The van der Waals surface area contributed by atoms with Gasteiger partial charge in [0.05, 0.1) is 17.3 Å². The van der Waals surface area contributed by atoms with Gasteiger partial charge in [-0.15, -0.1) is 0 Å². The summed E-state index contributed by atoms with van der Waals surface area (Å²) >= 11 is 6.53. The maximum atomic E-state index is 13.1. The van der Waals surface area contributed by atoms with Crippen LogP contribution in [0.4, 0.5) is 0 Å². The molecule has 3 aromatic rings. The number of carbonyl (C=O) groups is 1. The van der Waals surface area contributed by atoms with Gasteiger partial charge in [0.1, 0.15) is 23.1 Å². The molecule has 180 valence electrons. The number of halogens is 1. The lowest BCUT2D eigenvalue weighted by molar-refractivity contribution is -0.127. The summed E-state index contributed by atoms with van der Waals surface area (Å²) in [7, 11) is 0. The van der Waals surface area contributed by atoms with E-state index >= 15 is 0 Å². The first kappa shape index (κ1) is 24.6. The number of ether oxygens (including phenoxy) is 1. The summed E-state index contributed by atoms with van der Waals surface area (Å²) in [5.41, 5.74) is 3.06. The number of piperidine rings is 1. The molecule has 1 aromatic heterocycles. The fourth-order valence-corrected chi connectivity index (χ4v) is 4.32. The van der Waals surface area contributed by atoms with Crippen LogP contribution < -0.4 is 4.74 Å². The third-order valence-corrected chi connectivity index (χ3v) is 6.31. The van der Waals surface area contributed by atoms with E-state index in [0.29, 0.717) is 41.7 Å². The molecule has 1 saturated heterocycles. The lowest BCUT2D eigenvalue weighted by atomic mass is 10.0. The molecule has 1 fully saturated rings. The summed E-state index contributed by atoms with van der Waals surface area (Å²) in [4.78, 5) is 14.8. The van der Waals surface area contributed by atoms with Gasteiger partial charge in [0.2, 0.25) is 0 Å². The number of likely N-dealkylation sites (tertiary alicyclic amines) is 1. The Morgan fingerprint density at radius 1 is 1.17 bits per heavy atom. The van der Waals surface area contributed by atoms with Crippen molar-refractivity contribution in [3.8, 4) is 28.8 Å². The minimum absolute atomic E-state index is 0.103. The van der Waals surface area contributed by atoms with Crippen LogP contribution in [0, 0.1) is 11.3 Å². The summed E-state index contributed by atoms with van der Waals surface area (Å²) in [6.07, 6.45) is 8.52. The molecule has 35 heavy (non-hydrogen) atoms. The second-order valence-electron chi connectivity index (χ2n) is 8.58. The van der Waals surface area contributed by atoms with Crippen molar-refractivity contribution in [1.82, 2.24) is 14.7 Å². The van der Waals surface area contributed by atoms with E-state index in [1.165, 1.54) is 0 Å². The van der Waals surface area contributed by atoms with E-state index in [0.717, 1.165) is 43.4 Å². The maximum absolute atomic E-state index is 13.1. The van der Waals surface area contributed by atoms with Gasteiger partial charge in [-0.05, 0) is 62.1 Å². The highest BCUT2D eigenvalue weighted by atomic mass is 35.5. The van der Waals surface area contributed by atoms with Crippen LogP contribution >= 0.6 is 11.6 Å². The third kappa shape index (κ3) is 5.93. The first-order valence-electron chi connectivity index (χ1n) is 12.1. The summed E-state index contributed by atoms with van der Waals surface area (Å²) < 4.78 is 7.54. The van der Waals surface area contributed by atoms with Gasteiger partial charge in [0.15, 0.2) is 0 Å². The summed E-state index contributed by atoms with van der Waals surface area (Å²) in [5.74, 6) is 0.393. The number of unbranched alkanes of at least 4 members (excludes halogenated alkanes) is 1. The number of rotatable bonds is 8. The molecule has 0 unspecified atom stereocenters. The quantitative estimate of drug-likeness (QED) is 0.212. The summed E-state index contributed by atoms with van der Waals surface area (Å²) in [6, 6.07) is 17.4. The van der Waals surface area contributed by atoms with Gasteiger partial charge in [0.25, 0.3) is 5.91 Å². The van der Waals surface area contributed by atoms with E-state index in [-0.39, 0.29) is 11.5 Å². The zero-order valence-electron chi connectivity index (χ0n) is 19.9. The van der Waals surface area contributed by atoms with Crippen LogP contribution in [0.1, 0.15) is 44.6 Å². The molecule has 1 aliphatic rings. The smallest absolute Gasteiger partial charge is 0.264 e. The standard InChI is InChI=1S/C28H29ClN4O2/c1-2-3-16-35-26-13-12-21(18-25(26)29)27-23(20-33(31-27)24-10-6-4-7-11-24)17-22(19-30)28(34)32-14-8-5-9-15-32/h4,6-7,10-13,17-18,20H,2-3,5,8-9,14-16H2,1H3/b22-17-. The molecule has 0 atom stereocenters. The van der Waals surface area contributed by atoms with Crippen molar-refractivity contribution in [2.75, 3.05) is 19.7 Å². The van der Waals surface area contributed by atoms with E-state index < -0.39 is 0 Å². The molecule has 2 heterocycles. The maximum Gasteiger partial charge on any atom is 0.264 e. The lowest BCUT2D eigenvalue weighted by Gasteiger charge is -2.26. The minimum atomic E-state index is -0.233. The first-order chi connectivity index (χ1) is 17.1. The van der Waals surface area contributed by atoms with Crippen LogP contribution in [0.25, 0.3) is 23.0 Å². The highest BCUT2D eigenvalue weighted by Gasteiger charge is 2.22. The number of benzene rings is 2. The van der Waals surface area contributed by atoms with Crippen molar-refractivity contribution in [1.29, 1.82) is 5.26 Å². The number of hydrogen-bond donors (Lipinski definition) is 0. The van der Waals surface area contributed by atoms with E-state index in [4.69, 9.17) is 21.4 Å². The van der Waals surface area contributed by atoms with Gasteiger partial charge in [-0.3, -0.25) is 4.79 Å². The summed E-state index contributed by atoms with van der Waals surface area (Å²) in [5, 5.41) is 15.1. The fourth-order valence-electron chi connectivity index (χ4n) is 4.09. The first-order valence-corrected chi connectivity index (χ1v) is 12.5. The van der Waals surface area contributed by atoms with E-state index in [2.05, 4.69) is 13.0 Å². The second kappa shape index (κ2) is 11.7. The molecule has 1 aliphatic heterocycles. The van der Waals surface area contributed by atoms with E-state index in [9.17, 15) is 10.1 Å². The largest absolute Gasteiger partial charge is 0.492 e. The van der Waals surface area contributed by atoms with E-state index in [1.54, 1.807) is 15.7 Å². The van der Waals surface area contributed by atoms with Crippen molar-refractivity contribution in [2.45, 2.75) is 39.0 Å². The molecular weight excluding hydrogens is 460 g/mol. The van der Waals surface area contributed by atoms with Crippen molar-refractivity contribution < 1.29 is 9.53 Å². The average molecular weight is 489 g/mol. The Hall–Kier alpha value is -3.56. The van der Waals surface area contributed by atoms with Gasteiger partial charge in [-0.25, -0.2) is 4.68 Å². The predicted octanol–water partition coefficient (Wildman–Crippen LogP) is 6.29. The molecule has 0 spiro atoms. The predicted molar refractivity (Wildman–Crippen MR) is 138 cm³/mol. The van der Waals surface area contributed by atoms with Crippen LogP contribution in [-0.2, 0) is 4.79 Å². The molecule has 0 bridgehead atoms. The second-order valence-corrected chi connectivity index (χ2v) is 8.99. The minimum Gasteiger partial charge on any atom is -0.492 e. The highest BCUT2D eigenvalue weighted by molar-refractivity contribution is 6.32. The molecule has 0 aliphatic carbocycles. The molecular formula is C28H29ClN4O2. The Bertz CT molecular complexity index is 1240. The number of carbonyl (C=O) groups excluding carboxylic acids is 1. The lowest BCUT2D eigenvalue weighted by Crippen LogP contribution is -2.36. The molecule has 2 aromatic carbocycles. The van der Waals surface area contributed by atoms with Gasteiger partial charge in [-0.1, -0.05) is 43.1 Å². The number of nitrogens with zero attached hydrogens (tertiary/aromatic N) is 4. The Morgan fingerprint density at radius 2 is 1.94 bits per heavy atom. The fraction of sp³-hybridized carbons (Fsp3) is 0.321. The SMILES string of the molecule is CCCCOc1ccc(-c2nn(-c3ccccc3)cc2/C=C(/C#N)C(=O)N2CCCCC2)cc1Cl. The van der Waals surface area contributed by atoms with Crippen LogP contribution in [0.15, 0.2) is 60.3 Å². The van der Waals surface area contributed by atoms with Gasteiger partial charge < -0.3 is 9.64 Å². The number of hydrogen-bond acceptors (Lipinski definition) is 4. The molecule has 7 heteroatoms. The molecule has 4 rings (SSSR count). The van der Waals surface area contributed by atoms with Gasteiger partial charge in [0, 0.05) is 30.4 Å². The average Bonchev–Trinajstić information content (AvgIpc) is 3.33. The Labute approximate surface area is 211 Å². The molecule has 6 nitrogen and oxygen atoms in total. The van der Waals surface area contributed by atoms with Crippen molar-refractivity contribution >= 4 is 23.6 Å². The van der Waals surface area contributed by atoms with Crippen molar-refractivity contribution in [2.24, 2.45) is 0 Å². The molecule has 0 saturated carbocycles. The Morgan fingerprint density at radius 3 is 2.63 bits per heavy atom. The Kier molecular flexibility index (Phi) is 8.23. The van der Waals surface area contributed by atoms with Crippen LogP contribution in [0.3, 0.4) is 0 Å². The zero-order chi connectivity index (χ0) is 24.6. The monoisotopic (exact) mass is 488 g/mol. The zero-order valence-corrected chi connectivity index (χ0v) is 20.7.